The summed E-state index contributed by atoms with van der Waals surface area (Å²) in [4.78, 5) is 24.4. The van der Waals surface area contributed by atoms with Crippen molar-refractivity contribution in [2.45, 2.75) is 40.2 Å². The predicted octanol–water partition coefficient (Wildman–Crippen LogP) is 2.63. The highest BCUT2D eigenvalue weighted by atomic mass is 16.2. The molecule has 0 fully saturated rings. The van der Waals surface area contributed by atoms with Gasteiger partial charge in [0.1, 0.15) is 5.78 Å². The third kappa shape index (κ3) is 4.32. The molecule has 98 valence electrons. The number of carbonyl (C=O) groups excluding carboxylic acids is 2. The highest BCUT2D eigenvalue weighted by molar-refractivity contribution is 5.83. The molecular weight excluding hydrogens is 226 g/mol. The van der Waals surface area contributed by atoms with E-state index >= 15 is 0 Å². The average Bonchev–Trinajstić information content (AvgIpc) is 2.30. The SMILES string of the molecule is CC(=O)CCC(=O)N(C)Cc1cc(C)ccc1C. The van der Waals surface area contributed by atoms with Crippen LogP contribution in [0.2, 0.25) is 0 Å². The van der Waals surface area contributed by atoms with Crippen LogP contribution >= 0.6 is 0 Å². The number of amides is 1. The van der Waals surface area contributed by atoms with Crippen LogP contribution in [0.15, 0.2) is 18.2 Å². The van der Waals surface area contributed by atoms with Crippen molar-refractivity contribution in [3.8, 4) is 0 Å². The second-order valence-corrected chi connectivity index (χ2v) is 4.88. The van der Waals surface area contributed by atoms with Gasteiger partial charge in [0.15, 0.2) is 0 Å². The molecule has 3 nitrogen and oxygen atoms in total. The third-order valence-electron chi connectivity index (χ3n) is 3.03. The van der Waals surface area contributed by atoms with Crippen molar-refractivity contribution in [1.82, 2.24) is 4.90 Å². The summed E-state index contributed by atoms with van der Waals surface area (Å²) in [5.74, 6) is 0.0783. The van der Waals surface area contributed by atoms with Crippen LogP contribution in [-0.2, 0) is 16.1 Å². The van der Waals surface area contributed by atoms with Crippen LogP contribution in [0.25, 0.3) is 0 Å². The minimum Gasteiger partial charge on any atom is -0.341 e. The summed E-state index contributed by atoms with van der Waals surface area (Å²) < 4.78 is 0. The molecule has 0 aromatic heterocycles. The van der Waals surface area contributed by atoms with Gasteiger partial charge in [-0.05, 0) is 31.9 Å². The maximum absolute atomic E-state index is 11.8. The van der Waals surface area contributed by atoms with Gasteiger partial charge < -0.3 is 9.69 Å². The lowest BCUT2D eigenvalue weighted by Crippen LogP contribution is -2.26. The van der Waals surface area contributed by atoms with Crippen molar-refractivity contribution in [2.24, 2.45) is 0 Å². The van der Waals surface area contributed by atoms with E-state index in [0.29, 0.717) is 19.4 Å². The highest BCUT2D eigenvalue weighted by Gasteiger charge is 2.11. The summed E-state index contributed by atoms with van der Waals surface area (Å²) in [7, 11) is 1.78. The van der Waals surface area contributed by atoms with Gasteiger partial charge in [-0.25, -0.2) is 0 Å². The summed E-state index contributed by atoms with van der Waals surface area (Å²) in [6.45, 7) is 6.20. The number of hydrogen-bond donors (Lipinski definition) is 0. The zero-order valence-corrected chi connectivity index (χ0v) is 11.6. The van der Waals surface area contributed by atoms with E-state index in [1.807, 2.05) is 13.8 Å². The largest absolute Gasteiger partial charge is 0.341 e. The lowest BCUT2D eigenvalue weighted by molar-refractivity contribution is -0.132. The van der Waals surface area contributed by atoms with Crippen LogP contribution < -0.4 is 0 Å². The second-order valence-electron chi connectivity index (χ2n) is 4.88. The minimum atomic E-state index is 0.0195. The van der Waals surface area contributed by atoms with E-state index in [1.165, 1.54) is 18.1 Å². The van der Waals surface area contributed by atoms with E-state index in [0.717, 1.165) is 5.56 Å². The standard InChI is InChI=1S/C15H21NO2/c1-11-5-6-12(2)14(9-11)10-16(4)15(18)8-7-13(3)17/h5-6,9H,7-8,10H2,1-4H3. The first-order valence-electron chi connectivity index (χ1n) is 6.19. The maximum Gasteiger partial charge on any atom is 0.223 e. The Morgan fingerprint density at radius 2 is 1.83 bits per heavy atom. The van der Waals surface area contributed by atoms with Crippen LogP contribution in [0.5, 0.6) is 0 Å². The molecule has 0 saturated heterocycles. The number of hydrogen-bond acceptors (Lipinski definition) is 2. The normalized spacial score (nSPS) is 10.2. The van der Waals surface area contributed by atoms with Gasteiger partial charge >= 0.3 is 0 Å². The molecule has 0 aliphatic carbocycles. The van der Waals surface area contributed by atoms with E-state index in [-0.39, 0.29) is 11.7 Å². The fourth-order valence-corrected chi connectivity index (χ4v) is 1.79. The van der Waals surface area contributed by atoms with Crippen molar-refractivity contribution in [3.05, 3.63) is 34.9 Å². The second kappa shape index (κ2) is 6.34. The summed E-state index contributed by atoms with van der Waals surface area (Å²) in [6, 6.07) is 6.24. The molecule has 0 radical (unpaired) electrons. The quantitative estimate of drug-likeness (QED) is 0.802. The van der Waals surface area contributed by atoms with Crippen molar-refractivity contribution in [3.63, 3.8) is 0 Å². The van der Waals surface area contributed by atoms with Gasteiger partial charge in [0.05, 0.1) is 0 Å². The fraction of sp³-hybridized carbons (Fsp3) is 0.467. The van der Waals surface area contributed by atoms with Gasteiger partial charge in [-0.3, -0.25) is 4.79 Å². The van der Waals surface area contributed by atoms with Crippen molar-refractivity contribution in [1.29, 1.82) is 0 Å². The van der Waals surface area contributed by atoms with Crippen LogP contribution in [-0.4, -0.2) is 23.6 Å². The fourth-order valence-electron chi connectivity index (χ4n) is 1.79. The van der Waals surface area contributed by atoms with Crippen molar-refractivity contribution >= 4 is 11.7 Å². The molecule has 0 heterocycles. The van der Waals surface area contributed by atoms with E-state index in [4.69, 9.17) is 0 Å². The van der Waals surface area contributed by atoms with Gasteiger partial charge in [-0.2, -0.15) is 0 Å². The number of Topliss-reactive ketones (excluding diaryl/α,β-unsaturated/α-hetero) is 1. The molecule has 0 aliphatic rings. The molecule has 1 aromatic carbocycles. The number of nitrogens with zero attached hydrogens (tertiary/aromatic N) is 1. The molecule has 0 saturated carbocycles. The van der Waals surface area contributed by atoms with Gasteiger partial charge in [-0.1, -0.05) is 23.8 Å². The third-order valence-corrected chi connectivity index (χ3v) is 3.03. The van der Waals surface area contributed by atoms with E-state index < -0.39 is 0 Å². The van der Waals surface area contributed by atoms with Gasteiger partial charge in [0.25, 0.3) is 0 Å². The van der Waals surface area contributed by atoms with Gasteiger partial charge in [0.2, 0.25) is 5.91 Å². The topological polar surface area (TPSA) is 37.4 Å². The molecule has 3 heteroatoms. The summed E-state index contributed by atoms with van der Waals surface area (Å²) in [6.07, 6.45) is 0.632. The Kier molecular flexibility index (Phi) is 5.08. The van der Waals surface area contributed by atoms with Gasteiger partial charge in [-0.15, -0.1) is 0 Å². The predicted molar refractivity (Wildman–Crippen MR) is 72.3 cm³/mol. The molecule has 1 amide bonds. The lowest BCUT2D eigenvalue weighted by Gasteiger charge is -2.18. The van der Waals surface area contributed by atoms with Crippen molar-refractivity contribution in [2.75, 3.05) is 7.05 Å². The van der Waals surface area contributed by atoms with E-state index in [2.05, 4.69) is 18.2 Å². The molecule has 0 spiro atoms. The molecule has 0 atom stereocenters. The smallest absolute Gasteiger partial charge is 0.223 e. The molecule has 0 unspecified atom stereocenters. The Morgan fingerprint density at radius 1 is 1.17 bits per heavy atom. The molecular formula is C15H21NO2. The lowest BCUT2D eigenvalue weighted by atomic mass is 10.1. The highest BCUT2D eigenvalue weighted by Crippen LogP contribution is 2.13. The van der Waals surface area contributed by atoms with E-state index in [9.17, 15) is 9.59 Å². The zero-order chi connectivity index (χ0) is 13.7. The Morgan fingerprint density at radius 3 is 2.44 bits per heavy atom. The molecule has 0 bridgehead atoms. The Bertz CT molecular complexity index is 452. The monoisotopic (exact) mass is 247 g/mol. The first-order chi connectivity index (χ1) is 8.40. The molecule has 0 N–H and O–H groups in total. The van der Waals surface area contributed by atoms with Crippen molar-refractivity contribution < 1.29 is 9.59 Å². The van der Waals surface area contributed by atoms with Crippen LogP contribution in [0.4, 0.5) is 0 Å². The summed E-state index contributed by atoms with van der Waals surface area (Å²) >= 11 is 0. The number of carbonyl (C=O) groups is 2. The Labute approximate surface area is 109 Å². The van der Waals surface area contributed by atoms with Crippen LogP contribution in [0.3, 0.4) is 0 Å². The number of ketones is 1. The zero-order valence-electron chi connectivity index (χ0n) is 11.6. The average molecular weight is 247 g/mol. The first-order valence-corrected chi connectivity index (χ1v) is 6.19. The minimum absolute atomic E-state index is 0.0195. The number of benzene rings is 1. The molecule has 0 aliphatic heterocycles. The van der Waals surface area contributed by atoms with Crippen LogP contribution in [0, 0.1) is 13.8 Å². The first kappa shape index (κ1) is 14.4. The maximum atomic E-state index is 11.8. The van der Waals surface area contributed by atoms with E-state index in [1.54, 1.807) is 11.9 Å². The van der Waals surface area contributed by atoms with Gasteiger partial charge in [0, 0.05) is 26.4 Å². The summed E-state index contributed by atoms with van der Waals surface area (Å²) in [5.41, 5.74) is 3.54. The summed E-state index contributed by atoms with van der Waals surface area (Å²) in [5, 5.41) is 0. The number of aryl methyl sites for hydroxylation is 2. The number of rotatable bonds is 5. The molecule has 18 heavy (non-hydrogen) atoms. The Balaban J connectivity index is 2.63. The molecule has 1 aromatic rings. The molecule has 1 rings (SSSR count). The van der Waals surface area contributed by atoms with Crippen LogP contribution in [0.1, 0.15) is 36.5 Å². The Hall–Kier alpha value is -1.64.